The van der Waals surface area contributed by atoms with E-state index in [-0.39, 0.29) is 5.75 Å². The zero-order valence-electron chi connectivity index (χ0n) is 13.6. The van der Waals surface area contributed by atoms with Crippen molar-refractivity contribution in [2.75, 3.05) is 13.7 Å². The summed E-state index contributed by atoms with van der Waals surface area (Å²) >= 11 is 0. The Morgan fingerprint density at radius 1 is 1.33 bits per heavy atom. The molecule has 118 valence electrons. The second-order valence-corrected chi connectivity index (χ2v) is 5.38. The smallest absolute Gasteiger partial charge is 0.191 e. The number of aliphatic imine (C=N–C) groups is 1. The predicted octanol–water partition coefficient (Wildman–Crippen LogP) is 2.50. The summed E-state index contributed by atoms with van der Waals surface area (Å²) in [5.74, 6) is 1.92. The Labute approximate surface area is 127 Å². The van der Waals surface area contributed by atoms with E-state index >= 15 is 0 Å². The minimum atomic E-state index is 0.138. The van der Waals surface area contributed by atoms with Gasteiger partial charge < -0.3 is 20.5 Å². The molecule has 0 spiro atoms. The first-order valence-electron chi connectivity index (χ1n) is 7.38. The molecule has 0 bridgehead atoms. The van der Waals surface area contributed by atoms with Crippen molar-refractivity contribution in [3.8, 4) is 11.5 Å². The van der Waals surface area contributed by atoms with Gasteiger partial charge in [-0.2, -0.15) is 0 Å². The zero-order valence-corrected chi connectivity index (χ0v) is 13.6. The van der Waals surface area contributed by atoms with Crippen LogP contribution in [0.3, 0.4) is 0 Å². The van der Waals surface area contributed by atoms with E-state index in [9.17, 15) is 5.11 Å². The number of nitrogens with one attached hydrogen (secondary N) is 2. The van der Waals surface area contributed by atoms with Crippen molar-refractivity contribution in [3.63, 3.8) is 0 Å². The topological polar surface area (TPSA) is 65.9 Å². The highest BCUT2D eigenvalue weighted by Gasteiger charge is 2.09. The number of ether oxygens (including phenoxy) is 1. The molecule has 21 heavy (non-hydrogen) atoms. The normalized spacial score (nSPS) is 13.1. The van der Waals surface area contributed by atoms with Gasteiger partial charge in [0.15, 0.2) is 17.5 Å². The highest BCUT2D eigenvalue weighted by atomic mass is 16.5. The van der Waals surface area contributed by atoms with Gasteiger partial charge in [0, 0.05) is 12.6 Å². The largest absolute Gasteiger partial charge is 0.504 e. The molecule has 5 nitrogen and oxygen atoms in total. The van der Waals surface area contributed by atoms with Crippen molar-refractivity contribution in [3.05, 3.63) is 23.8 Å². The molecule has 0 fully saturated rings. The Kier molecular flexibility index (Phi) is 6.85. The first-order valence-corrected chi connectivity index (χ1v) is 7.38. The van der Waals surface area contributed by atoms with Crippen molar-refractivity contribution in [1.82, 2.24) is 10.6 Å². The fraction of sp³-hybridized carbons (Fsp3) is 0.562. The van der Waals surface area contributed by atoms with Gasteiger partial charge in [-0.25, -0.2) is 4.99 Å². The molecule has 0 saturated heterocycles. The first-order chi connectivity index (χ1) is 9.97. The number of hydrogen-bond donors (Lipinski definition) is 3. The lowest BCUT2D eigenvalue weighted by atomic mass is 10.1. The van der Waals surface area contributed by atoms with Gasteiger partial charge >= 0.3 is 0 Å². The fourth-order valence-electron chi connectivity index (χ4n) is 1.71. The maximum atomic E-state index is 9.77. The summed E-state index contributed by atoms with van der Waals surface area (Å²) in [6, 6.07) is 5.67. The summed E-state index contributed by atoms with van der Waals surface area (Å²) < 4.78 is 5.03. The second kappa shape index (κ2) is 8.39. The molecule has 0 aliphatic rings. The van der Waals surface area contributed by atoms with Gasteiger partial charge in [0.2, 0.25) is 0 Å². The number of methoxy groups -OCH3 is 1. The lowest BCUT2D eigenvalue weighted by Crippen LogP contribution is -2.44. The number of aromatic hydroxyl groups is 1. The van der Waals surface area contributed by atoms with Crippen LogP contribution >= 0.6 is 0 Å². The van der Waals surface area contributed by atoms with E-state index < -0.39 is 0 Å². The van der Waals surface area contributed by atoms with Gasteiger partial charge in [-0.1, -0.05) is 19.9 Å². The van der Waals surface area contributed by atoms with Crippen molar-refractivity contribution < 1.29 is 9.84 Å². The molecule has 0 aromatic heterocycles. The minimum Gasteiger partial charge on any atom is -0.504 e. The Hall–Kier alpha value is -1.91. The second-order valence-electron chi connectivity index (χ2n) is 5.38. The lowest BCUT2D eigenvalue weighted by Gasteiger charge is -2.20. The molecule has 0 aliphatic carbocycles. The molecule has 1 rings (SSSR count). The third-order valence-electron chi connectivity index (χ3n) is 3.37. The highest BCUT2D eigenvalue weighted by Crippen LogP contribution is 2.26. The van der Waals surface area contributed by atoms with Gasteiger partial charge in [0.25, 0.3) is 0 Å². The molecule has 1 aromatic carbocycles. The van der Waals surface area contributed by atoms with Crippen LogP contribution in [0, 0.1) is 5.92 Å². The summed E-state index contributed by atoms with van der Waals surface area (Å²) in [4.78, 5) is 4.55. The molecule has 1 aromatic rings. The molecule has 1 unspecified atom stereocenters. The van der Waals surface area contributed by atoms with Crippen molar-refractivity contribution in [2.45, 2.75) is 40.3 Å². The lowest BCUT2D eigenvalue weighted by molar-refractivity contribution is 0.373. The number of nitrogens with zero attached hydrogens (tertiary/aromatic N) is 1. The average Bonchev–Trinajstić information content (AvgIpc) is 2.45. The molecule has 3 N–H and O–H groups in total. The van der Waals surface area contributed by atoms with Crippen LogP contribution in [0.15, 0.2) is 23.2 Å². The number of guanidine groups is 1. The third-order valence-corrected chi connectivity index (χ3v) is 3.37. The van der Waals surface area contributed by atoms with Crippen LogP contribution in [-0.2, 0) is 6.54 Å². The van der Waals surface area contributed by atoms with Crippen molar-refractivity contribution in [2.24, 2.45) is 10.9 Å². The van der Waals surface area contributed by atoms with Crippen LogP contribution in [-0.4, -0.2) is 30.8 Å². The van der Waals surface area contributed by atoms with Crippen LogP contribution in [0.4, 0.5) is 0 Å². The zero-order chi connectivity index (χ0) is 15.8. The number of hydrogen-bond acceptors (Lipinski definition) is 3. The standard InChI is InChI=1S/C16H27N3O2/c1-6-17-16(19-12(4)11(2)3)18-10-13-7-8-15(21-5)14(20)9-13/h7-9,11-12,20H,6,10H2,1-5H3,(H2,17,18,19). The van der Waals surface area contributed by atoms with E-state index in [4.69, 9.17) is 4.74 Å². The van der Waals surface area contributed by atoms with Crippen LogP contribution in [0.5, 0.6) is 11.5 Å². The van der Waals surface area contributed by atoms with E-state index in [1.807, 2.05) is 13.0 Å². The summed E-state index contributed by atoms with van der Waals surface area (Å²) in [6.07, 6.45) is 0. The SMILES string of the molecule is CCNC(=NCc1ccc(OC)c(O)c1)NC(C)C(C)C. The van der Waals surface area contributed by atoms with E-state index in [1.165, 1.54) is 7.11 Å². The van der Waals surface area contributed by atoms with Crippen LogP contribution in [0.1, 0.15) is 33.3 Å². The summed E-state index contributed by atoms with van der Waals surface area (Å²) in [6.45, 7) is 9.82. The van der Waals surface area contributed by atoms with E-state index in [1.54, 1.807) is 12.1 Å². The van der Waals surface area contributed by atoms with Crippen molar-refractivity contribution >= 4 is 5.96 Å². The number of phenols is 1. The number of phenolic OH excluding ortho intramolecular Hbond substituents is 1. The average molecular weight is 293 g/mol. The molecule has 0 amide bonds. The molecule has 1 atom stereocenters. The van der Waals surface area contributed by atoms with Gasteiger partial charge in [0.1, 0.15) is 0 Å². The van der Waals surface area contributed by atoms with E-state index in [0.29, 0.717) is 24.3 Å². The van der Waals surface area contributed by atoms with Gasteiger partial charge in [0.05, 0.1) is 13.7 Å². The number of rotatable bonds is 6. The Balaban J connectivity index is 2.75. The van der Waals surface area contributed by atoms with Crippen LogP contribution in [0.25, 0.3) is 0 Å². The maximum absolute atomic E-state index is 9.77. The fourth-order valence-corrected chi connectivity index (χ4v) is 1.71. The summed E-state index contributed by atoms with van der Waals surface area (Å²) in [5.41, 5.74) is 0.933. The van der Waals surface area contributed by atoms with Gasteiger partial charge in [-0.15, -0.1) is 0 Å². The minimum absolute atomic E-state index is 0.138. The highest BCUT2D eigenvalue weighted by molar-refractivity contribution is 5.80. The van der Waals surface area contributed by atoms with E-state index in [2.05, 4.69) is 36.4 Å². The molecule has 0 radical (unpaired) electrons. The monoisotopic (exact) mass is 293 g/mol. The first kappa shape index (κ1) is 17.1. The Morgan fingerprint density at radius 3 is 2.57 bits per heavy atom. The molecular formula is C16H27N3O2. The molecular weight excluding hydrogens is 266 g/mol. The maximum Gasteiger partial charge on any atom is 0.191 e. The van der Waals surface area contributed by atoms with Crippen molar-refractivity contribution in [1.29, 1.82) is 0 Å². The van der Waals surface area contributed by atoms with Crippen LogP contribution < -0.4 is 15.4 Å². The Morgan fingerprint density at radius 2 is 2.05 bits per heavy atom. The quantitative estimate of drug-likeness (QED) is 0.557. The molecule has 0 aliphatic heterocycles. The van der Waals surface area contributed by atoms with Gasteiger partial charge in [-0.05, 0) is 37.5 Å². The van der Waals surface area contributed by atoms with Crippen LogP contribution in [0.2, 0.25) is 0 Å². The van der Waals surface area contributed by atoms with E-state index in [0.717, 1.165) is 18.1 Å². The molecule has 5 heteroatoms. The third kappa shape index (κ3) is 5.53. The summed E-state index contributed by atoms with van der Waals surface area (Å²) in [7, 11) is 1.54. The van der Waals surface area contributed by atoms with Gasteiger partial charge in [-0.3, -0.25) is 0 Å². The predicted molar refractivity (Wildman–Crippen MR) is 86.9 cm³/mol. The molecule has 0 saturated carbocycles. The Bertz CT molecular complexity index is 473. The molecule has 0 heterocycles. The summed E-state index contributed by atoms with van der Waals surface area (Å²) in [5, 5.41) is 16.4. The number of benzene rings is 1.